The van der Waals surface area contributed by atoms with Gasteiger partial charge in [-0.1, -0.05) is 0 Å². The molecule has 0 atom stereocenters. The first kappa shape index (κ1) is 18.2. The molecule has 29 heavy (non-hydrogen) atoms. The van der Waals surface area contributed by atoms with Gasteiger partial charge in [0.25, 0.3) is 0 Å². The van der Waals surface area contributed by atoms with E-state index in [1.807, 2.05) is 29.8 Å². The quantitative estimate of drug-likeness (QED) is 0.479. The summed E-state index contributed by atoms with van der Waals surface area (Å²) in [5.41, 5.74) is 9.73. The van der Waals surface area contributed by atoms with Gasteiger partial charge in [0.2, 0.25) is 5.91 Å². The maximum atomic E-state index is 14.0. The average molecular weight is 408 g/mol. The highest BCUT2D eigenvalue weighted by Crippen LogP contribution is 2.38. The first-order chi connectivity index (χ1) is 14.2. The summed E-state index contributed by atoms with van der Waals surface area (Å²) >= 11 is 1.55. The van der Waals surface area contributed by atoms with Crippen LogP contribution in [0.15, 0.2) is 42.3 Å². The van der Waals surface area contributed by atoms with E-state index in [1.165, 1.54) is 6.33 Å². The molecular weight excluding hydrogens is 386 g/mol. The number of thiazole rings is 1. The number of nitrogens with zero attached hydrogens (tertiary/aromatic N) is 4. The topological polar surface area (TPSA) is 113 Å². The van der Waals surface area contributed by atoms with E-state index in [-0.39, 0.29) is 5.91 Å². The van der Waals surface area contributed by atoms with Gasteiger partial charge in [0.1, 0.15) is 12.0 Å². The van der Waals surface area contributed by atoms with Crippen molar-refractivity contribution in [1.29, 1.82) is 0 Å². The highest BCUT2D eigenvalue weighted by molar-refractivity contribution is 7.16. The Balaban J connectivity index is 1.70. The molecule has 4 N–H and O–H groups in total. The summed E-state index contributed by atoms with van der Waals surface area (Å²) in [6.45, 7) is 1.84. The minimum Gasteiger partial charge on any atom is -0.346 e. The van der Waals surface area contributed by atoms with Crippen LogP contribution in [0.2, 0.25) is 0 Å². The van der Waals surface area contributed by atoms with Crippen molar-refractivity contribution >= 4 is 50.0 Å². The number of H-pyrrole nitrogens is 1. The monoisotopic (exact) mass is 407 g/mol. The van der Waals surface area contributed by atoms with Gasteiger partial charge < -0.3 is 16.0 Å². The highest BCUT2D eigenvalue weighted by Gasteiger charge is 2.42. The molecule has 3 aromatic heterocycles. The molecule has 0 unspecified atom stereocenters. The van der Waals surface area contributed by atoms with Gasteiger partial charge in [-0.05, 0) is 50.2 Å². The molecule has 0 radical (unpaired) electrons. The van der Waals surface area contributed by atoms with Gasteiger partial charge in [-0.25, -0.2) is 15.0 Å². The fourth-order valence-corrected chi connectivity index (χ4v) is 4.71. The van der Waals surface area contributed by atoms with Crippen molar-refractivity contribution in [2.45, 2.75) is 12.8 Å². The molecular formula is C20H21N7OS. The van der Waals surface area contributed by atoms with Crippen molar-refractivity contribution in [3.8, 4) is 0 Å². The van der Waals surface area contributed by atoms with Gasteiger partial charge in [-0.3, -0.25) is 9.69 Å². The molecule has 5 rings (SSSR count). The molecule has 1 aromatic carbocycles. The number of nitrogens with two attached hydrogens (primary N) is 1. The zero-order valence-corrected chi connectivity index (χ0v) is 16.6. The van der Waals surface area contributed by atoms with E-state index in [0.717, 1.165) is 34.4 Å². The Morgan fingerprint density at radius 3 is 2.90 bits per heavy atom. The third-order valence-electron chi connectivity index (χ3n) is 5.73. The lowest BCUT2D eigenvalue weighted by Gasteiger charge is -2.39. The molecule has 0 bridgehead atoms. The van der Waals surface area contributed by atoms with Gasteiger partial charge in [-0.15, -0.1) is 11.3 Å². The third-order valence-corrected chi connectivity index (χ3v) is 6.52. The van der Waals surface area contributed by atoms with Gasteiger partial charge in [-0.2, -0.15) is 0 Å². The normalized spacial score (nSPS) is 16.3. The number of benzene rings is 1. The van der Waals surface area contributed by atoms with Crippen LogP contribution >= 0.6 is 11.3 Å². The molecule has 1 fully saturated rings. The van der Waals surface area contributed by atoms with Crippen molar-refractivity contribution in [2.75, 3.05) is 24.5 Å². The van der Waals surface area contributed by atoms with Gasteiger partial charge in [0, 0.05) is 12.7 Å². The standard InChI is InChI=1S/C20H21N7OS/c21-10-20(4-7-22-8-5-20)19(28)27(13-1-2-15-16(9-13)29-12-26-15)18-14-3-6-23-17(14)24-11-25-18/h1-3,6,9,11-12,22H,4-5,7-8,10,21H2,(H,23,24,25). The van der Waals surface area contributed by atoms with E-state index < -0.39 is 5.41 Å². The van der Waals surface area contributed by atoms with E-state index in [0.29, 0.717) is 30.9 Å². The van der Waals surface area contributed by atoms with Crippen molar-refractivity contribution in [3.63, 3.8) is 0 Å². The first-order valence-corrected chi connectivity index (χ1v) is 10.5. The van der Waals surface area contributed by atoms with Gasteiger partial charge in [0.05, 0.1) is 32.2 Å². The van der Waals surface area contributed by atoms with Crippen LogP contribution in [-0.4, -0.2) is 45.5 Å². The van der Waals surface area contributed by atoms with E-state index >= 15 is 0 Å². The Labute approximate surface area is 171 Å². The number of anilines is 2. The lowest BCUT2D eigenvalue weighted by Crippen LogP contribution is -2.52. The van der Waals surface area contributed by atoms with Crippen molar-refractivity contribution in [1.82, 2.24) is 25.3 Å². The van der Waals surface area contributed by atoms with Crippen LogP contribution in [0.25, 0.3) is 21.3 Å². The van der Waals surface area contributed by atoms with Crippen LogP contribution in [0, 0.1) is 5.41 Å². The second-order valence-electron chi connectivity index (χ2n) is 7.32. The van der Waals surface area contributed by atoms with E-state index in [1.54, 1.807) is 22.4 Å². The molecule has 1 saturated heterocycles. The van der Waals surface area contributed by atoms with Crippen molar-refractivity contribution in [2.24, 2.45) is 11.1 Å². The Kier molecular flexibility index (Phi) is 4.50. The number of carbonyl (C=O) groups excluding carboxylic acids is 1. The largest absolute Gasteiger partial charge is 0.346 e. The zero-order valence-electron chi connectivity index (χ0n) is 15.8. The van der Waals surface area contributed by atoms with Crippen LogP contribution in [-0.2, 0) is 4.79 Å². The van der Waals surface area contributed by atoms with Crippen LogP contribution in [0.3, 0.4) is 0 Å². The Bertz CT molecular complexity index is 1180. The SMILES string of the molecule is NCC1(C(=O)N(c2ccc3ncsc3c2)c2ncnc3[nH]ccc23)CCNCC1. The molecule has 4 heterocycles. The second-order valence-corrected chi connectivity index (χ2v) is 8.20. The summed E-state index contributed by atoms with van der Waals surface area (Å²) < 4.78 is 1.02. The second kappa shape index (κ2) is 7.18. The number of fused-ring (bicyclic) bond motifs is 2. The molecule has 148 valence electrons. The number of rotatable bonds is 4. The average Bonchev–Trinajstić information content (AvgIpc) is 3.43. The maximum Gasteiger partial charge on any atom is 0.240 e. The summed E-state index contributed by atoms with van der Waals surface area (Å²) in [6.07, 6.45) is 4.68. The van der Waals surface area contributed by atoms with E-state index in [2.05, 4.69) is 25.3 Å². The minimum atomic E-state index is -0.624. The summed E-state index contributed by atoms with van der Waals surface area (Å²) in [4.78, 5) is 32.0. The molecule has 1 amide bonds. The lowest BCUT2D eigenvalue weighted by atomic mass is 9.77. The Morgan fingerprint density at radius 1 is 1.21 bits per heavy atom. The molecule has 8 nitrogen and oxygen atoms in total. The predicted molar refractivity (Wildman–Crippen MR) is 114 cm³/mol. The van der Waals surface area contributed by atoms with Gasteiger partial charge in [0.15, 0.2) is 5.82 Å². The molecule has 9 heteroatoms. The Hall–Kier alpha value is -2.88. The maximum absolute atomic E-state index is 14.0. The Morgan fingerprint density at radius 2 is 2.07 bits per heavy atom. The van der Waals surface area contributed by atoms with Crippen molar-refractivity contribution < 1.29 is 4.79 Å². The molecule has 0 saturated carbocycles. The van der Waals surface area contributed by atoms with Crippen LogP contribution in [0.4, 0.5) is 11.5 Å². The fraction of sp³-hybridized carbons (Fsp3) is 0.300. The smallest absolute Gasteiger partial charge is 0.240 e. The number of carbonyl (C=O) groups is 1. The summed E-state index contributed by atoms with van der Waals surface area (Å²) in [5.74, 6) is 0.544. The molecule has 1 aliphatic rings. The van der Waals surface area contributed by atoms with Crippen LogP contribution < -0.4 is 16.0 Å². The van der Waals surface area contributed by atoms with Crippen LogP contribution in [0.5, 0.6) is 0 Å². The number of hydrogen-bond acceptors (Lipinski definition) is 7. The number of amides is 1. The summed E-state index contributed by atoms with van der Waals surface area (Å²) in [7, 11) is 0. The number of piperidine rings is 1. The minimum absolute atomic E-state index is 0.0217. The highest BCUT2D eigenvalue weighted by atomic mass is 32.1. The lowest BCUT2D eigenvalue weighted by molar-refractivity contribution is -0.128. The van der Waals surface area contributed by atoms with Crippen molar-refractivity contribution in [3.05, 3.63) is 42.3 Å². The zero-order chi connectivity index (χ0) is 19.8. The molecule has 1 aliphatic heterocycles. The molecule has 0 spiro atoms. The first-order valence-electron chi connectivity index (χ1n) is 9.58. The van der Waals surface area contributed by atoms with Gasteiger partial charge >= 0.3 is 0 Å². The number of nitrogens with one attached hydrogen (secondary N) is 2. The summed E-state index contributed by atoms with van der Waals surface area (Å²) in [5, 5.41) is 4.13. The number of hydrogen-bond donors (Lipinski definition) is 3. The van der Waals surface area contributed by atoms with Crippen LogP contribution in [0.1, 0.15) is 12.8 Å². The molecule has 0 aliphatic carbocycles. The summed E-state index contributed by atoms with van der Waals surface area (Å²) in [6, 6.07) is 7.75. The third kappa shape index (κ3) is 2.98. The van der Waals surface area contributed by atoms with E-state index in [4.69, 9.17) is 5.73 Å². The number of aromatic nitrogens is 4. The molecule has 4 aromatic rings. The number of aromatic amines is 1. The predicted octanol–water partition coefficient (Wildman–Crippen LogP) is 2.56. The fourth-order valence-electron chi connectivity index (χ4n) is 4.00. The van der Waals surface area contributed by atoms with E-state index in [9.17, 15) is 4.79 Å².